The van der Waals surface area contributed by atoms with Crippen LogP contribution < -0.4 is 0 Å². The zero-order chi connectivity index (χ0) is 11.7. The fourth-order valence-electron chi connectivity index (χ4n) is 1.58. The molecule has 2 rings (SSSR count). The number of aliphatic hydroxyl groups is 1. The zero-order valence-electron chi connectivity index (χ0n) is 8.70. The number of aliphatic hydroxyl groups excluding tert-OH is 1. The molecule has 0 aliphatic carbocycles. The van der Waals surface area contributed by atoms with Gasteiger partial charge in [0.25, 0.3) is 5.69 Å². The monoisotopic (exact) mass is 221 g/mol. The van der Waals surface area contributed by atoms with Gasteiger partial charge in [-0.1, -0.05) is 0 Å². The summed E-state index contributed by atoms with van der Waals surface area (Å²) in [6.07, 6.45) is 1.06. The number of non-ortho nitro benzene ring substituents is 1. The summed E-state index contributed by atoms with van der Waals surface area (Å²) < 4.78 is 1.63. The van der Waals surface area contributed by atoms with Gasteiger partial charge in [0, 0.05) is 17.5 Å². The molecule has 0 aliphatic rings. The first-order chi connectivity index (χ1) is 7.58. The van der Waals surface area contributed by atoms with E-state index in [-0.39, 0.29) is 5.69 Å². The molecule has 1 N–H and O–H groups in total. The third-order valence-electron chi connectivity index (χ3n) is 2.27. The number of nitro benzene ring substituents is 1. The minimum absolute atomic E-state index is 0.0455. The molecule has 0 unspecified atom stereocenters. The second-order valence-electron chi connectivity index (χ2n) is 3.68. The van der Waals surface area contributed by atoms with E-state index >= 15 is 0 Å². The second kappa shape index (κ2) is 3.90. The third-order valence-corrected chi connectivity index (χ3v) is 2.27. The summed E-state index contributed by atoms with van der Waals surface area (Å²) in [6, 6.07) is 4.55. The molecule has 84 valence electrons. The van der Waals surface area contributed by atoms with Crippen LogP contribution >= 0.6 is 0 Å². The van der Waals surface area contributed by atoms with Crippen molar-refractivity contribution in [3.8, 4) is 0 Å². The maximum atomic E-state index is 10.6. The Morgan fingerprint density at radius 3 is 3.00 bits per heavy atom. The zero-order valence-corrected chi connectivity index (χ0v) is 8.70. The second-order valence-corrected chi connectivity index (χ2v) is 3.68. The number of nitro groups is 1. The number of hydrogen-bond acceptors (Lipinski definition) is 4. The first kappa shape index (κ1) is 10.6. The summed E-state index contributed by atoms with van der Waals surface area (Å²) >= 11 is 0. The molecule has 0 aliphatic heterocycles. The molecule has 1 aromatic carbocycles. The van der Waals surface area contributed by atoms with Gasteiger partial charge >= 0.3 is 0 Å². The lowest BCUT2D eigenvalue weighted by Crippen LogP contribution is -2.12. The Balaban J connectivity index is 2.46. The summed E-state index contributed by atoms with van der Waals surface area (Å²) in [5.41, 5.74) is 0.829. The van der Waals surface area contributed by atoms with Crippen LogP contribution in [0.15, 0.2) is 24.4 Å². The van der Waals surface area contributed by atoms with Crippen molar-refractivity contribution >= 4 is 16.6 Å². The van der Waals surface area contributed by atoms with Crippen LogP contribution in [0.1, 0.15) is 6.92 Å². The summed E-state index contributed by atoms with van der Waals surface area (Å²) in [5, 5.41) is 24.6. The van der Waals surface area contributed by atoms with Gasteiger partial charge in [-0.25, -0.2) is 0 Å². The maximum absolute atomic E-state index is 10.6. The molecular formula is C10H11N3O3. The predicted molar refractivity (Wildman–Crippen MR) is 58.1 cm³/mol. The highest BCUT2D eigenvalue weighted by Gasteiger charge is 2.10. The lowest BCUT2D eigenvalue weighted by Gasteiger charge is -2.05. The molecule has 16 heavy (non-hydrogen) atoms. The van der Waals surface area contributed by atoms with E-state index in [0.717, 1.165) is 5.52 Å². The fourth-order valence-corrected chi connectivity index (χ4v) is 1.58. The van der Waals surface area contributed by atoms with Crippen LogP contribution in [0.3, 0.4) is 0 Å². The molecule has 1 heterocycles. The molecule has 6 heteroatoms. The molecule has 1 aromatic heterocycles. The Labute approximate surface area is 91.3 Å². The normalized spacial score (nSPS) is 12.9. The quantitative estimate of drug-likeness (QED) is 0.626. The molecule has 6 nitrogen and oxygen atoms in total. The van der Waals surface area contributed by atoms with E-state index in [2.05, 4.69) is 5.10 Å². The topological polar surface area (TPSA) is 81.2 Å². The van der Waals surface area contributed by atoms with Crippen molar-refractivity contribution in [1.29, 1.82) is 0 Å². The van der Waals surface area contributed by atoms with E-state index in [0.29, 0.717) is 11.9 Å². The van der Waals surface area contributed by atoms with Gasteiger partial charge in [0.1, 0.15) is 0 Å². The predicted octanol–water partition coefficient (Wildman–Crippen LogP) is 1.33. The summed E-state index contributed by atoms with van der Waals surface area (Å²) in [4.78, 5) is 10.1. The maximum Gasteiger partial charge on any atom is 0.270 e. The number of aromatic nitrogens is 2. The number of nitrogens with zero attached hydrogens (tertiary/aromatic N) is 3. The molecule has 0 spiro atoms. The molecule has 0 amide bonds. The van der Waals surface area contributed by atoms with Gasteiger partial charge in [0.15, 0.2) is 0 Å². The first-order valence-electron chi connectivity index (χ1n) is 4.86. The highest BCUT2D eigenvalue weighted by molar-refractivity contribution is 5.81. The third kappa shape index (κ3) is 1.87. The van der Waals surface area contributed by atoms with Gasteiger partial charge in [0.2, 0.25) is 0 Å². The van der Waals surface area contributed by atoms with Crippen molar-refractivity contribution in [2.45, 2.75) is 19.6 Å². The van der Waals surface area contributed by atoms with Crippen LogP contribution in [0.5, 0.6) is 0 Å². The highest BCUT2D eigenvalue weighted by Crippen LogP contribution is 2.20. The van der Waals surface area contributed by atoms with Crippen LogP contribution in [0.2, 0.25) is 0 Å². The Morgan fingerprint density at radius 1 is 1.62 bits per heavy atom. The van der Waals surface area contributed by atoms with Gasteiger partial charge in [-0.3, -0.25) is 14.8 Å². The average molecular weight is 221 g/mol. The smallest absolute Gasteiger partial charge is 0.270 e. The number of rotatable bonds is 3. The molecule has 0 saturated carbocycles. The number of hydrogen-bond donors (Lipinski definition) is 1. The van der Waals surface area contributed by atoms with Gasteiger partial charge in [0.05, 0.1) is 29.3 Å². The van der Waals surface area contributed by atoms with E-state index in [1.54, 1.807) is 23.9 Å². The molecule has 1 atom stereocenters. The largest absolute Gasteiger partial charge is 0.391 e. The van der Waals surface area contributed by atoms with Crippen molar-refractivity contribution in [2.75, 3.05) is 0 Å². The van der Waals surface area contributed by atoms with Crippen molar-refractivity contribution in [1.82, 2.24) is 9.78 Å². The number of fused-ring (bicyclic) bond motifs is 1. The van der Waals surface area contributed by atoms with E-state index < -0.39 is 11.0 Å². The van der Waals surface area contributed by atoms with Gasteiger partial charge in [-0.15, -0.1) is 0 Å². The van der Waals surface area contributed by atoms with Gasteiger partial charge < -0.3 is 5.11 Å². The van der Waals surface area contributed by atoms with Gasteiger partial charge in [-0.2, -0.15) is 5.10 Å². The Kier molecular flexibility index (Phi) is 2.57. The van der Waals surface area contributed by atoms with E-state index in [9.17, 15) is 15.2 Å². The first-order valence-corrected chi connectivity index (χ1v) is 4.86. The van der Waals surface area contributed by atoms with E-state index in [4.69, 9.17) is 0 Å². The summed E-state index contributed by atoms with van der Waals surface area (Å²) in [5.74, 6) is 0. The van der Waals surface area contributed by atoms with Crippen LogP contribution in [0, 0.1) is 10.1 Å². The van der Waals surface area contributed by atoms with Crippen LogP contribution in [-0.4, -0.2) is 25.9 Å². The molecule has 0 saturated heterocycles. The number of benzene rings is 1. The van der Waals surface area contributed by atoms with Crippen LogP contribution in [0.4, 0.5) is 5.69 Å². The Morgan fingerprint density at radius 2 is 2.38 bits per heavy atom. The molecule has 0 fully saturated rings. The van der Waals surface area contributed by atoms with Crippen molar-refractivity contribution in [3.05, 3.63) is 34.5 Å². The minimum Gasteiger partial charge on any atom is -0.391 e. The summed E-state index contributed by atoms with van der Waals surface area (Å²) in [7, 11) is 0. The van der Waals surface area contributed by atoms with Crippen molar-refractivity contribution < 1.29 is 10.0 Å². The van der Waals surface area contributed by atoms with Gasteiger partial charge in [-0.05, 0) is 13.0 Å². The highest BCUT2D eigenvalue weighted by atomic mass is 16.6. The Hall–Kier alpha value is -1.95. The van der Waals surface area contributed by atoms with Crippen molar-refractivity contribution in [3.63, 3.8) is 0 Å². The van der Waals surface area contributed by atoms with E-state index in [1.807, 2.05) is 0 Å². The Bertz CT molecular complexity index is 533. The standard InChI is InChI=1S/C10H11N3O3/c1-7(14)6-12-10-3-2-9(13(15)16)4-8(10)5-11-12/h2-5,7,14H,6H2,1H3/t7-/m1/s1. The lowest BCUT2D eigenvalue weighted by atomic mass is 10.2. The lowest BCUT2D eigenvalue weighted by molar-refractivity contribution is -0.384. The van der Waals surface area contributed by atoms with E-state index in [1.165, 1.54) is 12.1 Å². The molecule has 0 bridgehead atoms. The molecule has 0 radical (unpaired) electrons. The SMILES string of the molecule is C[C@@H](O)Cn1ncc2cc([N+](=O)[O-])ccc21. The molecular weight excluding hydrogens is 210 g/mol. The van der Waals surface area contributed by atoms with Crippen LogP contribution in [-0.2, 0) is 6.54 Å². The minimum atomic E-state index is -0.502. The van der Waals surface area contributed by atoms with Crippen LogP contribution in [0.25, 0.3) is 10.9 Å². The fraction of sp³-hybridized carbons (Fsp3) is 0.300. The average Bonchev–Trinajstić information content (AvgIpc) is 2.60. The molecule has 2 aromatic rings. The summed E-state index contributed by atoms with van der Waals surface area (Å²) in [6.45, 7) is 2.04. The van der Waals surface area contributed by atoms with Crippen molar-refractivity contribution in [2.24, 2.45) is 0 Å².